The zero-order chi connectivity index (χ0) is 14.3. The van der Waals surface area contributed by atoms with Gasteiger partial charge in [-0.05, 0) is 17.7 Å². The number of aromatic nitrogens is 1. The molecule has 0 aliphatic carbocycles. The summed E-state index contributed by atoms with van der Waals surface area (Å²) in [7, 11) is -0.882. The number of amides is 1. The van der Waals surface area contributed by atoms with Crippen LogP contribution in [0.5, 0.6) is 0 Å². The molecule has 0 bridgehead atoms. The van der Waals surface area contributed by atoms with Crippen LogP contribution in [0, 0.1) is 0 Å². The van der Waals surface area contributed by atoms with E-state index in [-0.39, 0.29) is 6.54 Å². The second kappa shape index (κ2) is 6.92. The maximum Gasteiger partial charge on any atom is 0.279 e. The molecule has 1 aromatic rings. The quantitative estimate of drug-likeness (QED) is 0.513. The highest BCUT2D eigenvalue weighted by molar-refractivity contribution is 7.87. The number of nitrogens with one attached hydrogen (secondary N) is 2. The molecule has 9 heteroatoms. The summed E-state index contributed by atoms with van der Waals surface area (Å²) in [6.07, 6.45) is 4.61. The molecule has 0 aliphatic rings. The highest BCUT2D eigenvalue weighted by Gasteiger charge is 2.13. The molecule has 0 unspecified atom stereocenters. The van der Waals surface area contributed by atoms with Crippen LogP contribution in [0.4, 0.5) is 0 Å². The van der Waals surface area contributed by atoms with Crippen LogP contribution in [0.2, 0.25) is 0 Å². The van der Waals surface area contributed by atoms with Crippen molar-refractivity contribution in [2.75, 3.05) is 20.6 Å². The summed E-state index contributed by atoms with van der Waals surface area (Å²) in [5.74, 6) is -0.560. The Hall–Kier alpha value is -1.84. The number of nitrogens with zero attached hydrogens (tertiary/aromatic N) is 3. The second-order valence-corrected chi connectivity index (χ2v) is 5.65. The summed E-state index contributed by atoms with van der Waals surface area (Å²) in [5, 5.41) is 3.69. The summed E-state index contributed by atoms with van der Waals surface area (Å²) < 4.78 is 25.7. The van der Waals surface area contributed by atoms with Gasteiger partial charge in [0.1, 0.15) is 0 Å². The summed E-state index contributed by atoms with van der Waals surface area (Å²) in [6, 6.07) is 3.43. The van der Waals surface area contributed by atoms with Crippen LogP contribution in [-0.4, -0.2) is 50.5 Å². The molecule has 1 heterocycles. The Morgan fingerprint density at radius 1 is 1.42 bits per heavy atom. The van der Waals surface area contributed by atoms with Crippen molar-refractivity contribution in [2.24, 2.45) is 5.10 Å². The molecular weight excluding hydrogens is 270 g/mol. The van der Waals surface area contributed by atoms with E-state index in [0.29, 0.717) is 0 Å². The van der Waals surface area contributed by atoms with Crippen LogP contribution >= 0.6 is 0 Å². The van der Waals surface area contributed by atoms with Gasteiger partial charge in [-0.2, -0.15) is 22.5 Å². The zero-order valence-electron chi connectivity index (χ0n) is 10.6. The van der Waals surface area contributed by atoms with Crippen molar-refractivity contribution in [3.63, 3.8) is 0 Å². The topological polar surface area (TPSA) is 104 Å². The summed E-state index contributed by atoms with van der Waals surface area (Å²) in [4.78, 5) is 15.2. The first-order valence-electron chi connectivity index (χ1n) is 5.31. The van der Waals surface area contributed by atoms with Gasteiger partial charge in [-0.3, -0.25) is 9.78 Å². The van der Waals surface area contributed by atoms with Crippen LogP contribution in [0.25, 0.3) is 0 Å². The number of hydrogen-bond acceptors (Lipinski definition) is 5. The Bertz CT molecular complexity index is 542. The van der Waals surface area contributed by atoms with E-state index in [1.165, 1.54) is 20.3 Å². The smallest absolute Gasteiger partial charge is 0.272 e. The largest absolute Gasteiger partial charge is 0.279 e. The fraction of sp³-hybridized carbons (Fsp3) is 0.300. The predicted molar refractivity (Wildman–Crippen MR) is 70.6 cm³/mol. The molecule has 0 spiro atoms. The number of carbonyl (C=O) groups excluding carboxylic acids is 1. The summed E-state index contributed by atoms with van der Waals surface area (Å²) in [6.45, 7) is -0.381. The third-order valence-corrected chi connectivity index (χ3v) is 3.48. The predicted octanol–water partition coefficient (Wildman–Crippen LogP) is -1.07. The Labute approximate surface area is 111 Å². The Balaban J connectivity index is 2.39. The minimum absolute atomic E-state index is 0.381. The third-order valence-electron chi connectivity index (χ3n) is 2.00. The minimum atomic E-state index is -3.61. The first-order chi connectivity index (χ1) is 8.92. The molecule has 0 aromatic carbocycles. The summed E-state index contributed by atoms with van der Waals surface area (Å²) >= 11 is 0. The molecule has 104 valence electrons. The Morgan fingerprint density at radius 2 is 2.05 bits per heavy atom. The average Bonchev–Trinajstić information content (AvgIpc) is 2.37. The van der Waals surface area contributed by atoms with E-state index in [1.807, 2.05) is 0 Å². The lowest BCUT2D eigenvalue weighted by atomic mass is 10.3. The van der Waals surface area contributed by atoms with Crippen molar-refractivity contribution < 1.29 is 13.2 Å². The number of carbonyl (C=O) groups is 1. The third kappa shape index (κ3) is 5.55. The molecule has 0 fully saturated rings. The first-order valence-corrected chi connectivity index (χ1v) is 6.75. The number of rotatable bonds is 6. The molecule has 0 aliphatic heterocycles. The maximum atomic E-state index is 11.3. The molecular formula is C10H15N5O3S. The lowest BCUT2D eigenvalue weighted by molar-refractivity contribution is -0.119. The van der Waals surface area contributed by atoms with Gasteiger partial charge < -0.3 is 0 Å². The number of hydrazone groups is 1. The van der Waals surface area contributed by atoms with E-state index in [1.54, 1.807) is 24.5 Å². The van der Waals surface area contributed by atoms with Gasteiger partial charge in [0, 0.05) is 26.5 Å². The van der Waals surface area contributed by atoms with E-state index >= 15 is 0 Å². The first kappa shape index (κ1) is 15.2. The Kier molecular flexibility index (Phi) is 5.55. The molecule has 2 N–H and O–H groups in total. The molecule has 19 heavy (non-hydrogen) atoms. The SMILES string of the molecule is CN(C)S(=O)(=O)NCC(=O)N/N=C/c1ccncc1. The molecule has 0 saturated carbocycles. The molecule has 0 saturated heterocycles. The summed E-state index contributed by atoms with van der Waals surface area (Å²) in [5.41, 5.74) is 2.98. The monoisotopic (exact) mass is 285 g/mol. The zero-order valence-corrected chi connectivity index (χ0v) is 11.4. The fourth-order valence-corrected chi connectivity index (χ4v) is 1.53. The maximum absolute atomic E-state index is 11.3. The van der Waals surface area contributed by atoms with Crippen molar-refractivity contribution in [1.82, 2.24) is 19.4 Å². The Morgan fingerprint density at radius 3 is 2.63 bits per heavy atom. The van der Waals surface area contributed by atoms with Gasteiger partial charge in [-0.15, -0.1) is 0 Å². The molecule has 8 nitrogen and oxygen atoms in total. The van der Waals surface area contributed by atoms with E-state index < -0.39 is 16.1 Å². The van der Waals surface area contributed by atoms with Gasteiger partial charge in [0.05, 0.1) is 12.8 Å². The second-order valence-electron chi connectivity index (χ2n) is 3.68. The van der Waals surface area contributed by atoms with Gasteiger partial charge in [0.15, 0.2) is 0 Å². The lowest BCUT2D eigenvalue weighted by Crippen LogP contribution is -2.41. The molecule has 0 atom stereocenters. The van der Waals surface area contributed by atoms with E-state index in [0.717, 1.165) is 9.87 Å². The van der Waals surface area contributed by atoms with E-state index in [4.69, 9.17) is 0 Å². The minimum Gasteiger partial charge on any atom is -0.272 e. The normalized spacial score (nSPS) is 11.9. The standard InChI is InChI=1S/C10H15N5O3S/c1-15(2)19(17,18)13-8-10(16)14-12-7-9-3-5-11-6-4-9/h3-7,13H,8H2,1-2H3,(H,14,16)/b12-7+. The van der Waals surface area contributed by atoms with Crippen LogP contribution in [0.3, 0.4) is 0 Å². The van der Waals surface area contributed by atoms with Gasteiger partial charge >= 0.3 is 0 Å². The van der Waals surface area contributed by atoms with Gasteiger partial charge in [-0.1, -0.05) is 0 Å². The van der Waals surface area contributed by atoms with Crippen molar-refractivity contribution in [2.45, 2.75) is 0 Å². The number of pyridine rings is 1. The molecule has 0 radical (unpaired) electrons. The van der Waals surface area contributed by atoms with Crippen LogP contribution in [0.1, 0.15) is 5.56 Å². The molecule has 1 rings (SSSR count). The van der Waals surface area contributed by atoms with Crippen LogP contribution in [-0.2, 0) is 15.0 Å². The molecule has 1 amide bonds. The number of hydrogen-bond donors (Lipinski definition) is 2. The van der Waals surface area contributed by atoms with Crippen molar-refractivity contribution >= 4 is 22.3 Å². The van der Waals surface area contributed by atoms with Crippen molar-refractivity contribution in [3.8, 4) is 0 Å². The van der Waals surface area contributed by atoms with Crippen LogP contribution in [0.15, 0.2) is 29.6 Å². The van der Waals surface area contributed by atoms with E-state index in [9.17, 15) is 13.2 Å². The van der Waals surface area contributed by atoms with Crippen molar-refractivity contribution in [1.29, 1.82) is 0 Å². The highest BCUT2D eigenvalue weighted by atomic mass is 32.2. The van der Waals surface area contributed by atoms with E-state index in [2.05, 4.69) is 20.2 Å². The van der Waals surface area contributed by atoms with Gasteiger partial charge in [-0.25, -0.2) is 5.43 Å². The van der Waals surface area contributed by atoms with Crippen molar-refractivity contribution in [3.05, 3.63) is 30.1 Å². The molecule has 1 aromatic heterocycles. The van der Waals surface area contributed by atoms with Gasteiger partial charge in [0.2, 0.25) is 0 Å². The highest BCUT2D eigenvalue weighted by Crippen LogP contribution is 1.90. The fourth-order valence-electron chi connectivity index (χ4n) is 0.954. The van der Waals surface area contributed by atoms with Gasteiger partial charge in [0.25, 0.3) is 16.1 Å². The average molecular weight is 285 g/mol. The van der Waals surface area contributed by atoms with Crippen LogP contribution < -0.4 is 10.1 Å². The lowest BCUT2D eigenvalue weighted by Gasteiger charge is -2.11.